The van der Waals surface area contributed by atoms with Crippen molar-refractivity contribution in [1.82, 2.24) is 0 Å². The van der Waals surface area contributed by atoms with Gasteiger partial charge in [0.05, 0.1) is 20.4 Å². The normalized spacial score (nSPS) is 11.3. The maximum Gasteiger partial charge on any atom is 0.416 e. The number of rotatable bonds is 4. The van der Waals surface area contributed by atoms with Gasteiger partial charge in [0.15, 0.2) is 0 Å². The third-order valence-corrected chi connectivity index (χ3v) is 3.90. The van der Waals surface area contributed by atoms with Crippen LogP contribution in [0.5, 0.6) is 11.5 Å². The highest BCUT2D eigenvalue weighted by Crippen LogP contribution is 2.38. The third-order valence-electron chi connectivity index (χ3n) is 2.83. The molecule has 23 heavy (non-hydrogen) atoms. The summed E-state index contributed by atoms with van der Waals surface area (Å²) in [5.74, 6) is 0.266. The van der Waals surface area contributed by atoms with Gasteiger partial charge in [-0.15, -0.1) is 11.8 Å². The Labute approximate surface area is 138 Å². The molecule has 0 saturated heterocycles. The van der Waals surface area contributed by atoms with Gasteiger partial charge in [-0.05, 0) is 30.5 Å². The summed E-state index contributed by atoms with van der Waals surface area (Å²) in [5.41, 5.74) is -0.966. The van der Waals surface area contributed by atoms with Crippen LogP contribution < -0.4 is 4.74 Å². The van der Waals surface area contributed by atoms with Crippen molar-refractivity contribution in [2.45, 2.75) is 11.1 Å². The largest absolute Gasteiger partial charge is 0.456 e. The molecule has 0 atom stereocenters. The number of alkyl halides is 3. The average Bonchev–Trinajstić information content (AvgIpc) is 2.47. The second kappa shape index (κ2) is 6.67. The van der Waals surface area contributed by atoms with E-state index in [0.29, 0.717) is 4.90 Å². The number of nitrogens with zero attached hydrogens (tertiary/aromatic N) is 1. The fourth-order valence-corrected chi connectivity index (χ4v) is 2.56. The van der Waals surface area contributed by atoms with Crippen molar-refractivity contribution in [1.29, 1.82) is 0 Å². The zero-order valence-corrected chi connectivity index (χ0v) is 13.1. The summed E-state index contributed by atoms with van der Waals surface area (Å²) in [5, 5.41) is 10.7. The molecular weight excluding hydrogens is 355 g/mol. The van der Waals surface area contributed by atoms with Crippen molar-refractivity contribution in [2.75, 3.05) is 6.26 Å². The Balaban J connectivity index is 2.31. The van der Waals surface area contributed by atoms with Crippen LogP contribution in [0.1, 0.15) is 5.56 Å². The van der Waals surface area contributed by atoms with Gasteiger partial charge in [0.1, 0.15) is 11.5 Å². The van der Waals surface area contributed by atoms with E-state index in [1.807, 2.05) is 0 Å². The Morgan fingerprint density at radius 2 is 1.91 bits per heavy atom. The molecule has 0 aliphatic carbocycles. The molecule has 2 aromatic carbocycles. The summed E-state index contributed by atoms with van der Waals surface area (Å²) in [4.78, 5) is 10.7. The first kappa shape index (κ1) is 17.4. The highest BCUT2D eigenvalue weighted by Gasteiger charge is 2.31. The molecule has 2 aromatic rings. The first-order valence-electron chi connectivity index (χ1n) is 6.09. The Bertz CT molecular complexity index is 753. The SMILES string of the molecule is CSc1cc(Oc2ccc(C(F)(F)F)cc2Cl)ccc1[N+](=O)[O-]. The molecule has 0 unspecified atom stereocenters. The van der Waals surface area contributed by atoms with E-state index in [1.54, 1.807) is 6.26 Å². The molecule has 2 rings (SSSR count). The van der Waals surface area contributed by atoms with Gasteiger partial charge < -0.3 is 4.74 Å². The van der Waals surface area contributed by atoms with Crippen LogP contribution in [0.15, 0.2) is 41.3 Å². The fourth-order valence-electron chi connectivity index (χ4n) is 1.76. The van der Waals surface area contributed by atoms with Crippen LogP contribution in [0.25, 0.3) is 0 Å². The lowest BCUT2D eigenvalue weighted by Crippen LogP contribution is -2.04. The minimum Gasteiger partial charge on any atom is -0.456 e. The number of halogens is 4. The first-order valence-corrected chi connectivity index (χ1v) is 7.69. The van der Waals surface area contributed by atoms with E-state index in [4.69, 9.17) is 16.3 Å². The maximum absolute atomic E-state index is 12.6. The van der Waals surface area contributed by atoms with Crippen molar-refractivity contribution in [3.8, 4) is 11.5 Å². The molecule has 0 amide bonds. The van der Waals surface area contributed by atoms with Crippen molar-refractivity contribution in [3.05, 3.63) is 57.1 Å². The van der Waals surface area contributed by atoms with E-state index in [1.165, 1.54) is 18.2 Å². The van der Waals surface area contributed by atoms with Gasteiger partial charge in [0.2, 0.25) is 0 Å². The van der Waals surface area contributed by atoms with Crippen molar-refractivity contribution in [2.24, 2.45) is 0 Å². The summed E-state index contributed by atoms with van der Waals surface area (Å²) in [6.07, 6.45) is -2.83. The van der Waals surface area contributed by atoms with Gasteiger partial charge in [-0.1, -0.05) is 11.6 Å². The van der Waals surface area contributed by atoms with Gasteiger partial charge in [-0.2, -0.15) is 13.2 Å². The lowest BCUT2D eigenvalue weighted by atomic mass is 10.2. The standard InChI is InChI=1S/C14H9ClF3NO3S/c1-23-13-7-9(3-4-11(13)19(20)21)22-12-5-2-8(6-10(12)15)14(16,17)18/h2-7H,1H3. The summed E-state index contributed by atoms with van der Waals surface area (Å²) < 4.78 is 43.2. The van der Waals surface area contributed by atoms with Crippen LogP contribution in [0, 0.1) is 10.1 Å². The molecule has 0 radical (unpaired) electrons. The number of ether oxygens (including phenoxy) is 1. The fraction of sp³-hybridized carbons (Fsp3) is 0.143. The molecule has 0 aliphatic heterocycles. The smallest absolute Gasteiger partial charge is 0.416 e. The summed E-state index contributed by atoms with van der Waals surface area (Å²) in [6, 6.07) is 6.76. The molecule has 0 fully saturated rings. The van der Waals surface area contributed by atoms with Crippen LogP contribution in [0.4, 0.5) is 18.9 Å². The second-order valence-corrected chi connectivity index (χ2v) is 5.59. The first-order chi connectivity index (χ1) is 10.7. The number of benzene rings is 2. The zero-order chi connectivity index (χ0) is 17.2. The molecule has 0 saturated carbocycles. The summed E-state index contributed by atoms with van der Waals surface area (Å²) in [7, 11) is 0. The van der Waals surface area contributed by atoms with Gasteiger partial charge in [0, 0.05) is 12.1 Å². The quantitative estimate of drug-likeness (QED) is 0.392. The number of nitro benzene ring substituents is 1. The molecule has 122 valence electrons. The molecule has 0 aromatic heterocycles. The van der Waals surface area contributed by atoms with E-state index >= 15 is 0 Å². The van der Waals surface area contributed by atoms with E-state index in [9.17, 15) is 23.3 Å². The van der Waals surface area contributed by atoms with E-state index < -0.39 is 16.7 Å². The van der Waals surface area contributed by atoms with Crippen LogP contribution in [0.2, 0.25) is 5.02 Å². The molecule has 4 nitrogen and oxygen atoms in total. The average molecular weight is 364 g/mol. The minimum absolute atomic E-state index is 0.0283. The van der Waals surface area contributed by atoms with Crippen LogP contribution in [-0.2, 0) is 6.18 Å². The molecule has 0 bridgehead atoms. The third kappa shape index (κ3) is 4.08. The van der Waals surface area contributed by atoms with Gasteiger partial charge >= 0.3 is 6.18 Å². The van der Waals surface area contributed by atoms with Crippen LogP contribution in [0.3, 0.4) is 0 Å². The van der Waals surface area contributed by atoms with Crippen molar-refractivity contribution >= 4 is 29.1 Å². The van der Waals surface area contributed by atoms with Gasteiger partial charge in [-0.3, -0.25) is 10.1 Å². The predicted molar refractivity (Wildman–Crippen MR) is 81.4 cm³/mol. The maximum atomic E-state index is 12.6. The van der Waals surface area contributed by atoms with E-state index in [2.05, 4.69) is 0 Å². The molecule has 0 spiro atoms. The van der Waals surface area contributed by atoms with Crippen LogP contribution >= 0.6 is 23.4 Å². The van der Waals surface area contributed by atoms with Gasteiger partial charge in [-0.25, -0.2) is 0 Å². The topological polar surface area (TPSA) is 52.4 Å². The Kier molecular flexibility index (Phi) is 5.06. The highest BCUT2D eigenvalue weighted by molar-refractivity contribution is 7.98. The van der Waals surface area contributed by atoms with Gasteiger partial charge in [0.25, 0.3) is 5.69 Å². The lowest BCUT2D eigenvalue weighted by molar-refractivity contribution is -0.387. The molecule has 0 heterocycles. The molecule has 0 aliphatic rings. The van der Waals surface area contributed by atoms with E-state index in [0.717, 1.165) is 30.0 Å². The monoisotopic (exact) mass is 363 g/mol. The summed E-state index contributed by atoms with van der Waals surface area (Å²) >= 11 is 6.96. The lowest BCUT2D eigenvalue weighted by Gasteiger charge is -2.11. The zero-order valence-electron chi connectivity index (χ0n) is 11.6. The molecule has 9 heteroatoms. The number of hydrogen-bond donors (Lipinski definition) is 0. The summed E-state index contributed by atoms with van der Waals surface area (Å²) in [6.45, 7) is 0. The number of thioether (sulfide) groups is 1. The molecule has 0 N–H and O–H groups in total. The van der Waals surface area contributed by atoms with Crippen molar-refractivity contribution in [3.63, 3.8) is 0 Å². The van der Waals surface area contributed by atoms with E-state index in [-0.39, 0.29) is 22.2 Å². The predicted octanol–water partition coefficient (Wildman–Crippen LogP) is 5.78. The number of nitro groups is 1. The van der Waals surface area contributed by atoms with Crippen molar-refractivity contribution < 1.29 is 22.8 Å². The Hall–Kier alpha value is -1.93. The minimum atomic E-state index is -4.50. The highest BCUT2D eigenvalue weighted by atomic mass is 35.5. The number of hydrogen-bond acceptors (Lipinski definition) is 4. The Morgan fingerprint density at radius 3 is 2.43 bits per heavy atom. The second-order valence-electron chi connectivity index (χ2n) is 4.34. The van der Waals surface area contributed by atoms with Crippen LogP contribution in [-0.4, -0.2) is 11.2 Å². The molecular formula is C14H9ClF3NO3S. The Morgan fingerprint density at radius 1 is 1.22 bits per heavy atom.